The predicted octanol–water partition coefficient (Wildman–Crippen LogP) is 5.84. The molecule has 0 saturated carbocycles. The smallest absolute Gasteiger partial charge is 0.312 e. The summed E-state index contributed by atoms with van der Waals surface area (Å²) in [4.78, 5) is 66.0. The highest BCUT2D eigenvalue weighted by Gasteiger charge is 2.51. The number of Topliss-reactive ketones (excluding diaryl/α,β-unsaturated/α-hetero) is 2. The van der Waals surface area contributed by atoms with E-state index in [4.69, 9.17) is 18.9 Å². The van der Waals surface area contributed by atoms with Crippen molar-refractivity contribution in [2.75, 3.05) is 7.11 Å². The summed E-state index contributed by atoms with van der Waals surface area (Å²) in [7, 11) is 1.32. The van der Waals surface area contributed by atoms with Crippen LogP contribution in [0.3, 0.4) is 0 Å². The third-order valence-corrected chi connectivity index (χ3v) is 8.36. The number of hydrogen-bond donors (Lipinski definition) is 4. The molecule has 3 heterocycles. The zero-order valence-electron chi connectivity index (χ0n) is 29.0. The number of hydrogen-bond acceptors (Lipinski definition) is 12. The summed E-state index contributed by atoms with van der Waals surface area (Å²) in [5, 5.41) is 35.6. The molecule has 1 unspecified atom stereocenters. The van der Waals surface area contributed by atoms with Crippen molar-refractivity contribution in [2.45, 2.75) is 61.2 Å². The fourth-order valence-corrected chi connectivity index (χ4v) is 5.46. The monoisotopic (exact) mass is 687 g/mol. The van der Waals surface area contributed by atoms with Gasteiger partial charge in [0.2, 0.25) is 5.78 Å². The molecule has 50 heavy (non-hydrogen) atoms. The molecule has 4 N–H and O–H groups in total. The maximum absolute atomic E-state index is 13.8. The number of ketones is 3. The van der Waals surface area contributed by atoms with Crippen molar-refractivity contribution in [1.29, 1.82) is 0 Å². The van der Waals surface area contributed by atoms with Crippen LogP contribution in [-0.4, -0.2) is 57.4 Å². The quantitative estimate of drug-likeness (QED) is 0.272. The minimum Gasteiger partial charge on any atom is -0.507 e. The Morgan fingerprint density at radius 2 is 1.54 bits per heavy atom. The van der Waals surface area contributed by atoms with E-state index in [-0.39, 0.29) is 56.4 Å². The molecular weight excluding hydrogens is 650 g/mol. The van der Waals surface area contributed by atoms with E-state index in [0.717, 1.165) is 19.3 Å². The molecule has 1 aromatic rings. The van der Waals surface area contributed by atoms with Crippen LogP contribution in [0.1, 0.15) is 85.1 Å². The number of ether oxygens (including phenoxy) is 4. The first-order chi connectivity index (χ1) is 23.4. The van der Waals surface area contributed by atoms with Crippen molar-refractivity contribution in [2.24, 2.45) is 0 Å². The van der Waals surface area contributed by atoms with Crippen molar-refractivity contribution in [1.82, 2.24) is 5.32 Å². The Labute approximate surface area is 287 Å². The third-order valence-electron chi connectivity index (χ3n) is 8.36. The van der Waals surface area contributed by atoms with Crippen LogP contribution < -0.4 is 10.1 Å². The summed E-state index contributed by atoms with van der Waals surface area (Å²) >= 11 is 0. The topological polar surface area (TPSA) is 195 Å². The summed E-state index contributed by atoms with van der Waals surface area (Å²) in [6.45, 7) is 11.3. The zero-order valence-corrected chi connectivity index (χ0v) is 29.0. The molecule has 0 spiro atoms. The van der Waals surface area contributed by atoms with E-state index in [1.54, 1.807) is 6.92 Å². The molecule has 1 aromatic carbocycles. The highest BCUT2D eigenvalue weighted by molar-refractivity contribution is 6.30. The maximum Gasteiger partial charge on any atom is 0.312 e. The number of rotatable bonds is 2. The lowest BCUT2D eigenvalue weighted by molar-refractivity contribution is -0.136. The summed E-state index contributed by atoms with van der Waals surface area (Å²) < 4.78 is 22.6. The Hall–Kier alpha value is -6.11. The van der Waals surface area contributed by atoms with Gasteiger partial charge in [-0.3, -0.25) is 24.0 Å². The Morgan fingerprint density at radius 1 is 0.880 bits per heavy atom. The number of phenolic OH excluding ortho intramolecular Hbond substituents is 1. The number of phenols is 1. The highest BCUT2D eigenvalue weighted by Crippen LogP contribution is 2.47. The van der Waals surface area contributed by atoms with Gasteiger partial charge in [0, 0.05) is 53.9 Å². The molecule has 0 saturated heterocycles. The molecule has 0 fully saturated rings. The predicted molar refractivity (Wildman–Crippen MR) is 179 cm³/mol. The van der Waals surface area contributed by atoms with Gasteiger partial charge in [0.05, 0.1) is 35.8 Å². The average molecular weight is 688 g/mol. The van der Waals surface area contributed by atoms with Crippen LogP contribution in [0.25, 0.3) is 0 Å². The number of aromatic hydroxyl groups is 1. The van der Waals surface area contributed by atoms with Crippen molar-refractivity contribution in [3.63, 3.8) is 0 Å². The Kier molecular flexibility index (Phi) is 10.1. The first-order valence-corrected chi connectivity index (χ1v) is 15.3. The first-order valence-electron chi connectivity index (χ1n) is 15.3. The lowest BCUT2D eigenvalue weighted by Crippen LogP contribution is -2.38. The molecule has 1 amide bonds. The second kappa shape index (κ2) is 13.8. The van der Waals surface area contributed by atoms with Gasteiger partial charge >= 0.3 is 11.8 Å². The molecule has 3 aliphatic heterocycles. The van der Waals surface area contributed by atoms with Gasteiger partial charge in [-0.2, -0.15) is 0 Å². The van der Waals surface area contributed by atoms with Gasteiger partial charge < -0.3 is 39.6 Å². The number of amides is 1. The van der Waals surface area contributed by atoms with E-state index in [1.807, 2.05) is 0 Å². The number of benzene rings is 1. The Bertz CT molecular complexity index is 2030. The molecule has 13 heteroatoms. The Balaban J connectivity index is 1.98. The summed E-state index contributed by atoms with van der Waals surface area (Å²) in [5.74, 6) is -7.64. The van der Waals surface area contributed by atoms with Gasteiger partial charge in [-0.15, -0.1) is 0 Å². The third kappa shape index (κ3) is 6.49. The lowest BCUT2D eigenvalue weighted by Gasteiger charge is -2.22. The van der Waals surface area contributed by atoms with E-state index in [2.05, 4.69) is 5.32 Å². The molecular formula is C37H37NO12. The first kappa shape index (κ1) is 36.7. The van der Waals surface area contributed by atoms with Crippen LogP contribution in [0.5, 0.6) is 11.5 Å². The SMILES string of the molecule is COC1=C(C)\C(OC(C)=O)=C(C)/C(O)=C(C)\C(O)=C(C)/C=C\C=C(/C)C(=O)NC2=CC(=O)c3c(c(O)c(C)c4c3C(=O)C(C)(OC=C1)O4)C2=O. The highest BCUT2D eigenvalue weighted by atomic mass is 16.7. The van der Waals surface area contributed by atoms with Gasteiger partial charge in [-0.25, -0.2) is 0 Å². The van der Waals surface area contributed by atoms with E-state index >= 15 is 0 Å². The van der Waals surface area contributed by atoms with Crippen LogP contribution in [0.15, 0.2) is 93.2 Å². The molecule has 0 radical (unpaired) electrons. The summed E-state index contributed by atoms with van der Waals surface area (Å²) in [5.41, 5.74) is -0.883. The van der Waals surface area contributed by atoms with Crippen LogP contribution >= 0.6 is 0 Å². The van der Waals surface area contributed by atoms with E-state index < -0.39 is 63.3 Å². The number of aliphatic hydroxyl groups excluding tert-OH is 2. The van der Waals surface area contributed by atoms with Crippen molar-refractivity contribution >= 4 is 29.2 Å². The van der Waals surface area contributed by atoms with Crippen LogP contribution in [0.2, 0.25) is 0 Å². The average Bonchev–Trinajstić information content (AvgIpc) is 3.33. The fourth-order valence-electron chi connectivity index (χ4n) is 5.46. The van der Waals surface area contributed by atoms with Gasteiger partial charge in [-0.1, -0.05) is 18.2 Å². The van der Waals surface area contributed by atoms with Crippen molar-refractivity contribution in [3.05, 3.63) is 115 Å². The number of carbonyl (C=O) groups is 5. The maximum atomic E-state index is 13.8. The molecule has 262 valence electrons. The standard InChI is InChI=1S/C37H37NO12/c1-16-11-10-12-17(2)36(46)38-23-15-24(40)26-27(32(23)44)31(43)21(6)34-28(26)35(45)37(8,50-34)48-14-13-25(47-9)18(3)33(49-22(7)39)20(5)30(42)19(4)29(16)41/h10-15,41-43H,1-9H3,(H,38,46)/b11-10-,14-13?,17-12+,25-18?,29-16+,30-19+,33-20+. The van der Waals surface area contributed by atoms with Crippen molar-refractivity contribution in [3.8, 4) is 11.5 Å². The minimum absolute atomic E-state index is 0.0151. The number of fused-ring (bicyclic) bond motifs is 10. The number of carbonyl (C=O) groups excluding carboxylic acids is 5. The van der Waals surface area contributed by atoms with Crippen LogP contribution in [0, 0.1) is 6.92 Å². The molecule has 5 bridgehead atoms. The molecule has 1 aliphatic carbocycles. The number of aliphatic hydroxyl groups is 2. The van der Waals surface area contributed by atoms with E-state index in [1.165, 1.54) is 73.0 Å². The molecule has 1 atom stereocenters. The second-order valence-electron chi connectivity index (χ2n) is 11.9. The van der Waals surface area contributed by atoms with E-state index in [9.17, 15) is 39.3 Å². The normalized spacial score (nSPS) is 26.5. The lowest BCUT2D eigenvalue weighted by atomic mass is 9.84. The van der Waals surface area contributed by atoms with Crippen LogP contribution in [-0.2, 0) is 23.8 Å². The minimum atomic E-state index is -2.08. The number of esters is 1. The van der Waals surface area contributed by atoms with Crippen molar-refractivity contribution < 1.29 is 58.2 Å². The Morgan fingerprint density at radius 3 is 2.16 bits per heavy atom. The summed E-state index contributed by atoms with van der Waals surface area (Å²) in [6, 6.07) is 0. The molecule has 4 aliphatic rings. The van der Waals surface area contributed by atoms with Gasteiger partial charge in [-0.05, 0) is 47.1 Å². The zero-order chi connectivity index (χ0) is 37.4. The fraction of sp³-hybridized carbons (Fsp3) is 0.270. The number of allylic oxidation sites excluding steroid dienone is 10. The van der Waals surface area contributed by atoms with Gasteiger partial charge in [0.1, 0.15) is 34.5 Å². The largest absolute Gasteiger partial charge is 0.507 e. The second-order valence-corrected chi connectivity index (χ2v) is 11.9. The molecule has 0 aromatic heterocycles. The molecule has 13 nitrogen and oxygen atoms in total. The molecule has 5 rings (SSSR count). The van der Waals surface area contributed by atoms with E-state index in [0.29, 0.717) is 5.57 Å². The number of methoxy groups -OCH3 is 1. The number of nitrogens with one attached hydrogen (secondary N) is 1. The summed E-state index contributed by atoms with van der Waals surface area (Å²) in [6.07, 6.45) is 7.51. The van der Waals surface area contributed by atoms with Gasteiger partial charge in [0.15, 0.2) is 5.78 Å². The van der Waals surface area contributed by atoms with Crippen LogP contribution in [0.4, 0.5) is 0 Å². The van der Waals surface area contributed by atoms with Gasteiger partial charge in [0.25, 0.3) is 11.7 Å².